The highest BCUT2D eigenvalue weighted by Gasteiger charge is 2.33. The van der Waals surface area contributed by atoms with E-state index >= 15 is 0 Å². The number of carbonyl (C=O) groups is 1. The van der Waals surface area contributed by atoms with Gasteiger partial charge in [-0.15, -0.1) is 0 Å². The van der Waals surface area contributed by atoms with Crippen LogP contribution in [0.1, 0.15) is 30.0 Å². The Morgan fingerprint density at radius 2 is 1.49 bits per heavy atom. The number of amides is 1. The van der Waals surface area contributed by atoms with Gasteiger partial charge in [0, 0.05) is 51.7 Å². The van der Waals surface area contributed by atoms with E-state index < -0.39 is 0 Å². The highest BCUT2D eigenvalue weighted by atomic mass is 19.1. The first-order valence-corrected chi connectivity index (χ1v) is 12.1. The van der Waals surface area contributed by atoms with Gasteiger partial charge < -0.3 is 9.80 Å². The molecule has 2 fully saturated rings. The van der Waals surface area contributed by atoms with E-state index in [1.54, 1.807) is 42.9 Å². The molecule has 2 aromatic carbocycles. The molecule has 0 bridgehead atoms. The molecule has 0 spiro atoms. The Kier molecular flexibility index (Phi) is 6.99. The molecule has 3 aromatic rings. The minimum atomic E-state index is -0.287. The van der Waals surface area contributed by atoms with E-state index in [0.717, 1.165) is 36.3 Å². The van der Waals surface area contributed by atoms with E-state index in [-0.39, 0.29) is 29.5 Å². The number of hydrogen-bond donors (Lipinski definition) is 0. The van der Waals surface area contributed by atoms with Crippen molar-refractivity contribution in [2.75, 3.05) is 44.2 Å². The predicted molar refractivity (Wildman–Crippen MR) is 130 cm³/mol. The van der Waals surface area contributed by atoms with Gasteiger partial charge in [0.05, 0.1) is 18.2 Å². The highest BCUT2D eigenvalue weighted by molar-refractivity contribution is 5.80. The predicted octanol–water partition coefficient (Wildman–Crippen LogP) is 3.91. The summed E-state index contributed by atoms with van der Waals surface area (Å²) in [7, 11) is 0. The van der Waals surface area contributed by atoms with Gasteiger partial charge in [-0.3, -0.25) is 14.7 Å². The lowest BCUT2D eigenvalue weighted by Crippen LogP contribution is -2.53. The lowest BCUT2D eigenvalue weighted by atomic mass is 9.95. The lowest BCUT2D eigenvalue weighted by molar-refractivity contribution is -0.137. The molecule has 6 nitrogen and oxygen atoms in total. The third-order valence-electron chi connectivity index (χ3n) is 7.01. The monoisotopic (exact) mass is 477 g/mol. The number of hydrogen-bond acceptors (Lipinski definition) is 5. The van der Waals surface area contributed by atoms with Crippen LogP contribution < -0.4 is 4.90 Å². The van der Waals surface area contributed by atoms with Crippen LogP contribution in [0.2, 0.25) is 0 Å². The van der Waals surface area contributed by atoms with Gasteiger partial charge in [0.1, 0.15) is 17.5 Å². The minimum Gasteiger partial charge on any atom is -0.355 e. The normalized spacial score (nSPS) is 19.2. The van der Waals surface area contributed by atoms with Crippen LogP contribution in [-0.2, 0) is 4.79 Å². The van der Waals surface area contributed by atoms with Gasteiger partial charge in [-0.1, -0.05) is 24.3 Å². The Morgan fingerprint density at radius 1 is 0.857 bits per heavy atom. The fraction of sp³-hybridized carbons (Fsp3) is 0.370. The number of halogens is 2. The molecular weight excluding hydrogens is 448 g/mol. The summed E-state index contributed by atoms with van der Waals surface area (Å²) in [6, 6.07) is 12.8. The van der Waals surface area contributed by atoms with Gasteiger partial charge in [-0.05, 0) is 48.2 Å². The van der Waals surface area contributed by atoms with Crippen LogP contribution in [0.5, 0.6) is 0 Å². The van der Waals surface area contributed by atoms with E-state index in [2.05, 4.69) is 19.8 Å². The van der Waals surface area contributed by atoms with Gasteiger partial charge in [0.25, 0.3) is 0 Å². The van der Waals surface area contributed by atoms with Gasteiger partial charge in [0.15, 0.2) is 0 Å². The van der Waals surface area contributed by atoms with E-state index in [1.165, 1.54) is 24.3 Å². The summed E-state index contributed by atoms with van der Waals surface area (Å²) in [5, 5.41) is 0. The first-order valence-electron chi connectivity index (χ1n) is 12.1. The summed E-state index contributed by atoms with van der Waals surface area (Å²) in [6.07, 6.45) is 6.91. The Bertz CT molecular complexity index is 1070. The highest BCUT2D eigenvalue weighted by Crippen LogP contribution is 2.31. The van der Waals surface area contributed by atoms with Crippen molar-refractivity contribution < 1.29 is 13.6 Å². The summed E-state index contributed by atoms with van der Waals surface area (Å²) < 4.78 is 27.2. The van der Waals surface area contributed by atoms with Gasteiger partial charge in [0.2, 0.25) is 5.91 Å². The molecule has 8 heteroatoms. The van der Waals surface area contributed by atoms with Crippen LogP contribution in [0.4, 0.5) is 14.6 Å². The van der Waals surface area contributed by atoms with Crippen molar-refractivity contribution >= 4 is 11.7 Å². The van der Waals surface area contributed by atoms with Crippen LogP contribution in [0.3, 0.4) is 0 Å². The topological polar surface area (TPSA) is 52.6 Å². The zero-order chi connectivity index (χ0) is 24.2. The smallest absolute Gasteiger partial charge is 0.227 e. The zero-order valence-electron chi connectivity index (χ0n) is 19.6. The molecule has 0 radical (unpaired) electrons. The fourth-order valence-corrected chi connectivity index (χ4v) is 5.20. The largest absolute Gasteiger partial charge is 0.355 e. The average molecular weight is 478 g/mol. The third kappa shape index (κ3) is 5.32. The number of carbonyl (C=O) groups excluding carboxylic acids is 1. The molecule has 2 saturated heterocycles. The third-order valence-corrected chi connectivity index (χ3v) is 7.01. The van der Waals surface area contributed by atoms with Crippen molar-refractivity contribution in [2.45, 2.75) is 18.9 Å². The first kappa shape index (κ1) is 23.4. The number of anilines is 1. The van der Waals surface area contributed by atoms with Crippen molar-refractivity contribution in [1.29, 1.82) is 0 Å². The molecule has 1 atom stereocenters. The Morgan fingerprint density at radius 3 is 2.06 bits per heavy atom. The second kappa shape index (κ2) is 10.5. The maximum atomic E-state index is 13.6. The van der Waals surface area contributed by atoms with Crippen molar-refractivity contribution in [3.8, 4) is 0 Å². The summed E-state index contributed by atoms with van der Waals surface area (Å²) >= 11 is 0. The van der Waals surface area contributed by atoms with Gasteiger partial charge >= 0.3 is 0 Å². The van der Waals surface area contributed by atoms with E-state index in [9.17, 15) is 13.6 Å². The van der Waals surface area contributed by atoms with Crippen LogP contribution in [0, 0.1) is 17.6 Å². The van der Waals surface area contributed by atoms with E-state index in [1.807, 2.05) is 4.90 Å². The SMILES string of the molecule is O=C([C@H]1CCCN(c2cnccn2)C1)N1CCN(C(c2ccc(F)cc2)c2ccc(F)cc2)CC1. The number of nitrogens with zero attached hydrogens (tertiary/aromatic N) is 5. The van der Waals surface area contributed by atoms with Crippen LogP contribution in [0.25, 0.3) is 0 Å². The number of piperidine rings is 1. The quantitative estimate of drug-likeness (QED) is 0.558. The zero-order valence-corrected chi connectivity index (χ0v) is 19.6. The van der Waals surface area contributed by atoms with Crippen molar-refractivity contribution in [3.63, 3.8) is 0 Å². The van der Waals surface area contributed by atoms with Crippen LogP contribution in [0.15, 0.2) is 67.1 Å². The molecule has 35 heavy (non-hydrogen) atoms. The molecule has 2 aliphatic rings. The number of rotatable bonds is 5. The Hall–Kier alpha value is -3.39. The summed E-state index contributed by atoms with van der Waals surface area (Å²) in [4.78, 5) is 28.3. The molecule has 0 unspecified atom stereocenters. The van der Waals surface area contributed by atoms with Crippen LogP contribution >= 0.6 is 0 Å². The number of aromatic nitrogens is 2. The van der Waals surface area contributed by atoms with Crippen LogP contribution in [-0.4, -0.2) is 64.9 Å². The fourth-order valence-electron chi connectivity index (χ4n) is 5.20. The van der Waals surface area contributed by atoms with Crippen molar-refractivity contribution in [3.05, 3.63) is 89.9 Å². The van der Waals surface area contributed by atoms with Crippen molar-refractivity contribution in [2.24, 2.45) is 5.92 Å². The molecule has 0 aliphatic carbocycles. The number of benzene rings is 2. The van der Waals surface area contributed by atoms with Gasteiger partial charge in [-0.2, -0.15) is 0 Å². The van der Waals surface area contributed by atoms with Crippen molar-refractivity contribution in [1.82, 2.24) is 19.8 Å². The number of piperazine rings is 1. The molecule has 1 aromatic heterocycles. The average Bonchev–Trinajstić information content (AvgIpc) is 2.91. The molecule has 0 saturated carbocycles. The molecular formula is C27H29F2N5O. The molecule has 5 rings (SSSR count). The molecule has 182 valence electrons. The maximum absolute atomic E-state index is 13.6. The summed E-state index contributed by atoms with van der Waals surface area (Å²) in [6.45, 7) is 4.16. The second-order valence-corrected chi connectivity index (χ2v) is 9.22. The standard InChI is InChI=1S/C27H29F2N5O/c28-23-7-3-20(4-8-23)26(21-5-9-24(29)10-6-21)32-14-16-33(17-15-32)27(35)22-2-1-13-34(19-22)25-18-30-11-12-31-25/h3-12,18,22,26H,1-2,13-17,19H2/t22-/m0/s1. The molecule has 0 N–H and O–H groups in total. The van der Waals surface area contributed by atoms with E-state index in [4.69, 9.17) is 0 Å². The molecule has 2 aliphatic heterocycles. The van der Waals surface area contributed by atoms with E-state index in [0.29, 0.717) is 32.7 Å². The lowest BCUT2D eigenvalue weighted by Gasteiger charge is -2.42. The minimum absolute atomic E-state index is 0.0534. The first-order chi connectivity index (χ1) is 17.1. The second-order valence-electron chi connectivity index (χ2n) is 9.22. The molecule has 3 heterocycles. The van der Waals surface area contributed by atoms with Gasteiger partial charge in [-0.25, -0.2) is 13.8 Å². The Balaban J connectivity index is 1.26. The Labute approximate surface area is 204 Å². The molecule has 1 amide bonds. The summed E-state index contributed by atoms with van der Waals surface area (Å²) in [5.41, 5.74) is 1.90. The summed E-state index contributed by atoms with van der Waals surface area (Å²) in [5.74, 6) is 0.381. The maximum Gasteiger partial charge on any atom is 0.227 e.